The number of halogens is 4. The molecule has 2 fully saturated rings. The van der Waals surface area contributed by atoms with Gasteiger partial charge in [-0.25, -0.2) is 9.76 Å². The number of aryl methyl sites for hydroxylation is 1. The Morgan fingerprint density at radius 3 is 1.47 bits per heavy atom. The van der Waals surface area contributed by atoms with Crippen LogP contribution in [0.1, 0.15) is 181 Å². The average Bonchev–Trinajstić information content (AvgIpc) is 0.782. The van der Waals surface area contributed by atoms with Crippen molar-refractivity contribution in [3.8, 4) is 0 Å². The number of anilines is 1. The summed E-state index contributed by atoms with van der Waals surface area (Å²) in [5, 5.41) is 34.6. The number of likely N-dealkylation sites (N-methyl/N-ethyl adjacent to an activating group) is 7. The maximum Gasteiger partial charge on any atom is 0.343 e. The summed E-state index contributed by atoms with van der Waals surface area (Å²) < 4.78 is 19.2. The Morgan fingerprint density at radius 1 is 0.559 bits per heavy atom. The van der Waals surface area contributed by atoms with Gasteiger partial charge in [0, 0.05) is 118 Å². The van der Waals surface area contributed by atoms with Crippen LogP contribution in [-0.4, -0.2) is 305 Å². The van der Waals surface area contributed by atoms with E-state index in [-0.39, 0.29) is 62.2 Å². The van der Waals surface area contributed by atoms with Gasteiger partial charge in [-0.05, 0) is 138 Å². The molecule has 118 heavy (non-hydrogen) atoms. The van der Waals surface area contributed by atoms with E-state index in [1.807, 2.05) is 85.7 Å². The van der Waals surface area contributed by atoms with Gasteiger partial charge in [-0.2, -0.15) is 0 Å². The molecule has 1 aromatic rings. The molecule has 0 spiro atoms. The molecule has 2 heterocycles. The van der Waals surface area contributed by atoms with E-state index in [0.717, 1.165) is 53.5 Å². The van der Waals surface area contributed by atoms with Crippen LogP contribution >= 0.6 is 54.1 Å². The Bertz CT molecular complexity index is 3400. The first-order valence-corrected chi connectivity index (χ1v) is 45.2. The highest BCUT2D eigenvalue weighted by Crippen LogP contribution is 2.48. The van der Waals surface area contributed by atoms with Crippen molar-refractivity contribution in [3.05, 3.63) is 42.0 Å². The average molecular weight is 1770 g/mol. The van der Waals surface area contributed by atoms with Crippen molar-refractivity contribution in [1.29, 1.82) is 0 Å². The smallest absolute Gasteiger partial charge is 0.343 e. The lowest BCUT2D eigenvalue weighted by molar-refractivity contribution is -0.157. The number of amides is 11. The zero-order valence-corrected chi connectivity index (χ0v) is 78.7. The number of benzene rings is 1. The summed E-state index contributed by atoms with van der Waals surface area (Å²) >= 11 is 22.8. The summed E-state index contributed by atoms with van der Waals surface area (Å²) in [6.45, 7) is 33.2. The summed E-state index contributed by atoms with van der Waals surface area (Å²) in [4.78, 5) is 181. The Labute approximate surface area is 724 Å². The van der Waals surface area contributed by atoms with Crippen LogP contribution in [-0.2, 0) is 73.0 Å². The lowest BCUT2D eigenvalue weighted by Gasteiger charge is -2.41. The number of aliphatic hydroxyl groups excluding tert-OH is 1. The topological polar surface area (TPSA) is 361 Å². The van der Waals surface area contributed by atoms with E-state index >= 15 is 9.59 Å². The van der Waals surface area contributed by atoms with Crippen molar-refractivity contribution in [1.82, 2.24) is 65.3 Å². The van der Waals surface area contributed by atoms with E-state index in [9.17, 15) is 57.6 Å². The molecule has 2 saturated heterocycles. The second-order valence-electron chi connectivity index (χ2n) is 33.3. The van der Waals surface area contributed by atoms with Crippen molar-refractivity contribution < 1.29 is 76.8 Å². The summed E-state index contributed by atoms with van der Waals surface area (Å²) in [5.41, 5.74) is 2.25. The number of carbonyl (C=O) groups is 12. The number of aliphatic hydroxyl groups is 1. The largest absolute Gasteiger partial charge is 0.481 e. The number of hydrogen-bond donors (Lipinski definition) is 7. The van der Waals surface area contributed by atoms with E-state index in [1.165, 1.54) is 87.7 Å². The second kappa shape index (κ2) is 54.9. The molecule has 0 saturated carbocycles. The third kappa shape index (κ3) is 35.2. The van der Waals surface area contributed by atoms with Gasteiger partial charge in [-0.1, -0.05) is 121 Å². The number of rotatable bonds is 29. The highest BCUT2D eigenvalue weighted by Gasteiger charge is 2.46. The molecule has 7 N–H and O–H groups in total. The third-order valence-corrected chi connectivity index (χ3v) is 23.9. The molecule has 2 aliphatic heterocycles. The zero-order chi connectivity index (χ0) is 90.5. The first kappa shape index (κ1) is 110. The van der Waals surface area contributed by atoms with Crippen LogP contribution < -0.4 is 31.3 Å². The standard InChI is InChI=1S/C62H111N11O12.C14H19Cl2NO2.C7H15Cl2N2O2P/c1-25-27-28-40(15)52(75)51-56(79)65-43(26-2)58(81)67(18)33-48(74)68(19)44(29-34(3)4)55(78)66-49(38(11)12)61(84)69(20)45(30-35(5)6)54(77)63-41(16)53(76)64-42(17)57(80)70(21)46(31-36(7)8)59(82)71(22)47(32-37(9)10)60(83)72(23)50(39(13)14)62(85)73(51)24;15-8-10-17(11-9-16)13-6-4-12(5-7-13)2-1-3-14(18)19;8-2-5-11(6-3-9)14(12)10-4-1-7-13-14/h25,27,34-47,49-52,75H,26,28-33H2,1-24H3,(H,63,77)(H,64,76)(H,65,79)(H,66,78);4-7H,1-3,8-11H2,(H,18,19);1-7H2,(H,10,12)/b27-25+;;/t40-,41-,42-,43+,44-,45-,46-,47-,49+,50-,51-,52-;;/m1../s1. The van der Waals surface area contributed by atoms with Crippen molar-refractivity contribution in [2.75, 3.05) is 124 Å². The van der Waals surface area contributed by atoms with E-state index in [2.05, 4.69) is 31.3 Å². The van der Waals surface area contributed by atoms with E-state index in [0.29, 0.717) is 56.1 Å². The van der Waals surface area contributed by atoms with Crippen LogP contribution in [0.4, 0.5) is 5.69 Å². The molecule has 0 aliphatic carbocycles. The predicted molar refractivity (Wildman–Crippen MR) is 468 cm³/mol. The fraction of sp³-hybridized carbons (Fsp3) is 0.759. The molecule has 676 valence electrons. The number of nitrogens with one attached hydrogen (secondary N) is 5. The first-order chi connectivity index (χ1) is 55.1. The van der Waals surface area contributed by atoms with Crippen LogP contribution in [0.5, 0.6) is 0 Å². The number of alkyl halides is 4. The van der Waals surface area contributed by atoms with Gasteiger partial charge in [0.2, 0.25) is 65.0 Å². The van der Waals surface area contributed by atoms with Gasteiger partial charge in [-0.3, -0.25) is 62.1 Å². The predicted octanol–water partition coefficient (Wildman–Crippen LogP) is 8.53. The molecule has 11 amide bonds. The quantitative estimate of drug-likeness (QED) is 0.0224. The van der Waals surface area contributed by atoms with E-state index in [4.69, 9.17) is 56.0 Å². The number of aliphatic carboxylic acids is 1. The Hall–Kier alpha value is -6.37. The second-order valence-corrected chi connectivity index (χ2v) is 37.0. The SMILES string of the molecule is C/C=C/C[C@@H](C)[C@@H](O)[C@@H]1C(=O)N[C@@H](CC)C(=O)N(C)CC(=O)N(C)[C@H](CC(C)C)C(=O)N[C@@H](C(C)C)C(=O)N(C)[C@H](CC(C)C)C(=O)N[C@H](C)C(=O)N[C@H](C)C(=O)N(C)[C@H](CC(C)C)C(=O)N(C)[C@H](CC(C)C)C(=O)N(C)[C@H](C(C)C)C(=O)N1C.O=C(O)CCCc1ccc(N(CCCl)CCCl)cc1.O=P1(N(CCCl)CCCl)NCCCO1. The summed E-state index contributed by atoms with van der Waals surface area (Å²) in [7, 11) is 7.07. The highest BCUT2D eigenvalue weighted by atomic mass is 35.5. The van der Waals surface area contributed by atoms with Gasteiger partial charge in [0.1, 0.15) is 60.4 Å². The summed E-state index contributed by atoms with van der Waals surface area (Å²) in [6, 6.07) is -4.18. The Morgan fingerprint density at radius 2 is 1.02 bits per heavy atom. The van der Waals surface area contributed by atoms with Gasteiger partial charge in [0.25, 0.3) is 0 Å². The number of nitrogens with zero attached hydrogens (tertiary/aromatic N) is 9. The number of allylic oxidation sites excluding steroid dienone is 2. The lowest BCUT2D eigenvalue weighted by atomic mass is 9.91. The minimum Gasteiger partial charge on any atom is -0.481 e. The zero-order valence-electron chi connectivity index (χ0n) is 74.8. The first-order valence-electron chi connectivity index (χ1n) is 41.5. The minimum atomic E-state index is -2.84. The molecule has 0 radical (unpaired) electrons. The van der Waals surface area contributed by atoms with E-state index in [1.54, 1.807) is 59.2 Å². The molecule has 13 atom stereocenters. The van der Waals surface area contributed by atoms with Crippen LogP contribution in [0.15, 0.2) is 36.4 Å². The van der Waals surface area contributed by atoms with Crippen LogP contribution in [0.3, 0.4) is 0 Å². The van der Waals surface area contributed by atoms with Crippen molar-refractivity contribution >= 4 is 131 Å². The van der Waals surface area contributed by atoms with Gasteiger partial charge in [-0.15, -0.1) is 46.4 Å². The monoisotopic (exact) mass is 1760 g/mol. The molecule has 1 unspecified atom stereocenters. The highest BCUT2D eigenvalue weighted by molar-refractivity contribution is 7.54. The number of carboxylic acid groups (broad SMARTS) is 1. The molecular weight excluding hydrogens is 1620 g/mol. The van der Waals surface area contributed by atoms with Crippen molar-refractivity contribution in [2.24, 2.45) is 41.4 Å². The van der Waals surface area contributed by atoms with Crippen LogP contribution in [0, 0.1) is 41.4 Å². The molecule has 35 heteroatoms. The summed E-state index contributed by atoms with van der Waals surface area (Å²) in [6.07, 6.45) is 5.60. The minimum absolute atomic E-state index is 0.0229. The van der Waals surface area contributed by atoms with Crippen LogP contribution in [0.2, 0.25) is 0 Å². The fourth-order valence-electron chi connectivity index (χ4n) is 13.9. The number of hydrogen-bond acceptors (Lipinski definition) is 16. The van der Waals surface area contributed by atoms with Gasteiger partial charge >= 0.3 is 13.6 Å². The maximum absolute atomic E-state index is 15.1. The van der Waals surface area contributed by atoms with Gasteiger partial charge < -0.3 is 75.2 Å². The molecule has 30 nitrogen and oxygen atoms in total. The fourth-order valence-corrected chi connectivity index (χ4v) is 16.9. The third-order valence-electron chi connectivity index (χ3n) is 20.9. The van der Waals surface area contributed by atoms with Gasteiger partial charge in [0.05, 0.1) is 19.3 Å². The Kier molecular flexibility index (Phi) is 51.0. The number of carboxylic acids is 1. The normalized spacial score (nSPS) is 24.4. The Balaban J connectivity index is 0.00000171. The molecule has 2 aliphatic rings. The number of carbonyl (C=O) groups excluding carboxylic acids is 11. The molecule has 0 aromatic heterocycles. The molecule has 1 aromatic carbocycles. The van der Waals surface area contributed by atoms with Crippen molar-refractivity contribution in [2.45, 2.75) is 248 Å². The van der Waals surface area contributed by atoms with Crippen LogP contribution in [0.25, 0.3) is 0 Å². The lowest BCUT2D eigenvalue weighted by Crippen LogP contribution is -2.63. The molecule has 3 rings (SSSR count). The maximum atomic E-state index is 15.1. The molecule has 0 bridgehead atoms. The molecular formula is C83H145Cl4N14O16P. The van der Waals surface area contributed by atoms with Crippen molar-refractivity contribution in [3.63, 3.8) is 0 Å². The van der Waals surface area contributed by atoms with E-state index < -0.39 is 169 Å². The van der Waals surface area contributed by atoms with Gasteiger partial charge in [0.15, 0.2) is 0 Å². The summed E-state index contributed by atoms with van der Waals surface area (Å²) in [5.74, 6) is -8.47.